The molecular formula is C20H33N3O3S. The zero-order valence-corrected chi connectivity index (χ0v) is 18.0. The molecule has 2 rings (SSSR count). The number of benzene rings is 1. The molecule has 1 aliphatic rings. The Balaban J connectivity index is 2.00. The summed E-state index contributed by atoms with van der Waals surface area (Å²) in [4.78, 5) is 6.83. The summed E-state index contributed by atoms with van der Waals surface area (Å²) in [6.07, 6.45) is 0.927. The molecule has 27 heavy (non-hydrogen) atoms. The monoisotopic (exact) mass is 395 g/mol. The molecule has 7 heteroatoms. The van der Waals surface area contributed by atoms with Gasteiger partial charge in [0.25, 0.3) is 0 Å². The number of aliphatic imine (C=N–C) groups is 1. The number of guanidine groups is 1. The Hall–Kier alpha value is -1.76. The summed E-state index contributed by atoms with van der Waals surface area (Å²) < 4.78 is 28.9. The number of hydrogen-bond acceptors (Lipinski definition) is 4. The van der Waals surface area contributed by atoms with Crippen molar-refractivity contribution in [2.24, 2.45) is 4.99 Å². The maximum atomic E-state index is 12.2. The zero-order chi connectivity index (χ0) is 20.1. The Morgan fingerprint density at radius 3 is 2.56 bits per heavy atom. The third kappa shape index (κ3) is 5.37. The van der Waals surface area contributed by atoms with E-state index >= 15 is 0 Å². The molecule has 152 valence electrons. The van der Waals surface area contributed by atoms with Gasteiger partial charge in [-0.25, -0.2) is 8.42 Å². The highest BCUT2D eigenvalue weighted by atomic mass is 32.2. The number of ether oxygens (including phenoxy) is 1. The second kappa shape index (κ2) is 8.95. The second-order valence-electron chi connectivity index (χ2n) is 7.70. The standard InChI is InChI=1S/C20H33N3O3S/c1-6-21-19(23-13-14-27(24,25)20(3,4)15-23)22-12-11-16(2)17-7-9-18(26-5)10-8-17/h7-10,16H,6,11-15H2,1-5H3,(H,21,22). The van der Waals surface area contributed by atoms with Gasteiger partial charge in [0.1, 0.15) is 5.75 Å². The molecule has 6 nitrogen and oxygen atoms in total. The minimum atomic E-state index is -3.05. The van der Waals surface area contributed by atoms with Crippen molar-refractivity contribution in [1.29, 1.82) is 0 Å². The van der Waals surface area contributed by atoms with Crippen molar-refractivity contribution in [3.63, 3.8) is 0 Å². The van der Waals surface area contributed by atoms with Gasteiger partial charge in [-0.1, -0.05) is 19.1 Å². The molecule has 1 aliphatic heterocycles. The quantitative estimate of drug-likeness (QED) is 0.592. The minimum Gasteiger partial charge on any atom is -0.497 e. The molecule has 0 saturated carbocycles. The van der Waals surface area contributed by atoms with Crippen molar-refractivity contribution in [3.05, 3.63) is 29.8 Å². The minimum absolute atomic E-state index is 0.173. The Morgan fingerprint density at radius 1 is 1.33 bits per heavy atom. The molecule has 0 spiro atoms. The Labute approximate surface area is 163 Å². The Kier molecular flexibility index (Phi) is 7.14. The van der Waals surface area contributed by atoms with E-state index in [2.05, 4.69) is 29.3 Å². The number of nitrogens with zero attached hydrogens (tertiary/aromatic N) is 2. The molecule has 1 saturated heterocycles. The fourth-order valence-corrected chi connectivity index (χ4v) is 4.58. The van der Waals surface area contributed by atoms with Crippen molar-refractivity contribution >= 4 is 15.8 Å². The molecule has 1 N–H and O–H groups in total. The highest BCUT2D eigenvalue weighted by Crippen LogP contribution is 2.24. The number of rotatable bonds is 6. The van der Waals surface area contributed by atoms with Crippen molar-refractivity contribution in [2.75, 3.05) is 39.0 Å². The van der Waals surface area contributed by atoms with Crippen LogP contribution in [0.25, 0.3) is 0 Å². The lowest BCUT2D eigenvalue weighted by molar-refractivity contribution is 0.353. The third-order valence-corrected chi connectivity index (χ3v) is 7.72. The first-order chi connectivity index (χ1) is 12.7. The molecule has 1 aromatic carbocycles. The van der Waals surface area contributed by atoms with E-state index in [0.29, 0.717) is 25.6 Å². The predicted octanol–water partition coefficient (Wildman–Crippen LogP) is 2.66. The predicted molar refractivity (Wildman–Crippen MR) is 111 cm³/mol. The maximum Gasteiger partial charge on any atom is 0.193 e. The molecule has 1 unspecified atom stereocenters. The van der Waals surface area contributed by atoms with Crippen molar-refractivity contribution in [2.45, 2.75) is 44.8 Å². The van der Waals surface area contributed by atoms with E-state index in [1.165, 1.54) is 5.56 Å². The van der Waals surface area contributed by atoms with Gasteiger partial charge < -0.3 is 15.0 Å². The van der Waals surface area contributed by atoms with Crippen molar-refractivity contribution in [1.82, 2.24) is 10.2 Å². The summed E-state index contributed by atoms with van der Waals surface area (Å²) in [5.41, 5.74) is 1.26. The van der Waals surface area contributed by atoms with Crippen LogP contribution in [0.2, 0.25) is 0 Å². The zero-order valence-electron chi connectivity index (χ0n) is 17.2. The first kappa shape index (κ1) is 21.5. The second-order valence-corrected chi connectivity index (χ2v) is 10.4. The topological polar surface area (TPSA) is 71.0 Å². The Bertz CT molecular complexity index is 742. The number of sulfone groups is 1. The van der Waals surface area contributed by atoms with Crippen LogP contribution in [0.5, 0.6) is 5.75 Å². The average molecular weight is 396 g/mol. The van der Waals surface area contributed by atoms with Crippen molar-refractivity contribution < 1.29 is 13.2 Å². The van der Waals surface area contributed by atoms with Gasteiger partial charge in [0, 0.05) is 26.2 Å². The van der Waals surface area contributed by atoms with Crippen LogP contribution < -0.4 is 10.1 Å². The highest BCUT2D eigenvalue weighted by molar-refractivity contribution is 7.92. The smallest absolute Gasteiger partial charge is 0.193 e. The van der Waals surface area contributed by atoms with Gasteiger partial charge in [-0.3, -0.25) is 4.99 Å². The van der Waals surface area contributed by atoms with Gasteiger partial charge in [0.2, 0.25) is 0 Å². The molecule has 0 aliphatic carbocycles. The highest BCUT2D eigenvalue weighted by Gasteiger charge is 2.40. The maximum absolute atomic E-state index is 12.2. The molecule has 1 aromatic rings. The summed E-state index contributed by atoms with van der Waals surface area (Å²) >= 11 is 0. The lowest BCUT2D eigenvalue weighted by Crippen LogP contribution is -2.57. The van der Waals surface area contributed by atoms with Gasteiger partial charge in [-0.2, -0.15) is 0 Å². The van der Waals surface area contributed by atoms with E-state index in [1.54, 1.807) is 21.0 Å². The van der Waals surface area contributed by atoms with Crippen LogP contribution in [0.4, 0.5) is 0 Å². The molecule has 1 heterocycles. The van der Waals surface area contributed by atoms with Crippen LogP contribution in [-0.2, 0) is 9.84 Å². The number of methoxy groups -OCH3 is 1. The summed E-state index contributed by atoms with van der Waals surface area (Å²) in [5, 5.41) is 3.31. The van der Waals surface area contributed by atoms with Crippen LogP contribution in [0.3, 0.4) is 0 Å². The van der Waals surface area contributed by atoms with Gasteiger partial charge in [-0.05, 0) is 50.8 Å². The van der Waals surface area contributed by atoms with E-state index < -0.39 is 14.6 Å². The van der Waals surface area contributed by atoms with Crippen LogP contribution in [0.1, 0.15) is 45.6 Å². The normalized spacial score (nSPS) is 20.2. The van der Waals surface area contributed by atoms with Crippen molar-refractivity contribution in [3.8, 4) is 5.75 Å². The van der Waals surface area contributed by atoms with Gasteiger partial charge in [-0.15, -0.1) is 0 Å². The van der Waals surface area contributed by atoms with E-state index in [9.17, 15) is 8.42 Å². The molecule has 0 aromatic heterocycles. The first-order valence-electron chi connectivity index (χ1n) is 9.59. The summed E-state index contributed by atoms with van der Waals surface area (Å²) in [7, 11) is -1.38. The largest absolute Gasteiger partial charge is 0.497 e. The Morgan fingerprint density at radius 2 is 2.00 bits per heavy atom. The van der Waals surface area contributed by atoms with Crippen LogP contribution in [0.15, 0.2) is 29.3 Å². The van der Waals surface area contributed by atoms with Gasteiger partial charge in [0.05, 0.1) is 17.6 Å². The molecule has 1 fully saturated rings. The molecular weight excluding hydrogens is 362 g/mol. The average Bonchev–Trinajstić information content (AvgIpc) is 2.63. The molecule has 0 amide bonds. The van der Waals surface area contributed by atoms with Gasteiger partial charge in [0.15, 0.2) is 15.8 Å². The summed E-state index contributed by atoms with van der Waals surface area (Å²) in [6.45, 7) is 10.2. The first-order valence-corrected chi connectivity index (χ1v) is 11.2. The summed E-state index contributed by atoms with van der Waals surface area (Å²) in [5.74, 6) is 2.23. The van der Waals surface area contributed by atoms with Crippen LogP contribution >= 0.6 is 0 Å². The lowest BCUT2D eigenvalue weighted by atomic mass is 9.98. The fraction of sp³-hybridized carbons (Fsp3) is 0.650. The van der Waals surface area contributed by atoms with Crippen LogP contribution in [0, 0.1) is 0 Å². The lowest BCUT2D eigenvalue weighted by Gasteiger charge is -2.39. The third-order valence-electron chi connectivity index (χ3n) is 5.19. The fourth-order valence-electron chi connectivity index (χ4n) is 3.21. The van der Waals surface area contributed by atoms with E-state index in [0.717, 1.165) is 24.7 Å². The number of nitrogens with one attached hydrogen (secondary N) is 1. The van der Waals surface area contributed by atoms with Crippen LogP contribution in [-0.4, -0.2) is 63.1 Å². The molecule has 0 radical (unpaired) electrons. The summed E-state index contributed by atoms with van der Waals surface area (Å²) in [6, 6.07) is 8.15. The van der Waals surface area contributed by atoms with E-state index in [1.807, 2.05) is 19.1 Å². The molecule has 0 bridgehead atoms. The number of hydrogen-bond donors (Lipinski definition) is 1. The SMILES string of the molecule is CCNC(=NCCC(C)c1ccc(OC)cc1)N1CCS(=O)(=O)C(C)(C)C1. The van der Waals surface area contributed by atoms with E-state index in [4.69, 9.17) is 9.73 Å². The molecule has 1 atom stereocenters. The van der Waals surface area contributed by atoms with Gasteiger partial charge >= 0.3 is 0 Å². The van der Waals surface area contributed by atoms with E-state index in [-0.39, 0.29) is 5.75 Å².